The van der Waals surface area contributed by atoms with Crippen molar-refractivity contribution in [2.24, 2.45) is 5.92 Å². The lowest BCUT2D eigenvalue weighted by Crippen LogP contribution is -2.37. The highest BCUT2D eigenvalue weighted by atomic mass is 79.9. The van der Waals surface area contributed by atoms with Crippen molar-refractivity contribution in [3.63, 3.8) is 0 Å². The Morgan fingerprint density at radius 1 is 0.939 bits per heavy atom. The van der Waals surface area contributed by atoms with Crippen molar-refractivity contribution in [1.82, 2.24) is 0 Å². The van der Waals surface area contributed by atoms with E-state index in [0.29, 0.717) is 11.3 Å². The number of non-ortho nitro benzene ring substituents is 1. The number of hydrogen-bond acceptors (Lipinski definition) is 6. The van der Waals surface area contributed by atoms with E-state index >= 15 is 0 Å². The normalized spacial score (nSPS) is 22.1. The molecule has 2 amide bonds. The second-order valence-electron chi connectivity index (χ2n) is 7.62. The van der Waals surface area contributed by atoms with E-state index in [-0.39, 0.29) is 15.8 Å². The summed E-state index contributed by atoms with van der Waals surface area (Å²) in [5.41, 5.74) is 1.30. The molecule has 8 nitrogen and oxygen atoms in total. The molecular formula is C23H15BrFN3O5. The molecule has 3 aromatic carbocycles. The number of hydrogen-bond donors (Lipinski definition) is 0. The Morgan fingerprint density at radius 3 is 2.27 bits per heavy atom. The molecule has 166 valence electrons. The number of rotatable bonds is 4. The summed E-state index contributed by atoms with van der Waals surface area (Å²) in [6.45, 7) is 0. The van der Waals surface area contributed by atoms with Crippen molar-refractivity contribution >= 4 is 44.8 Å². The molecule has 0 unspecified atom stereocenters. The lowest BCUT2D eigenvalue weighted by molar-refractivity contribution is -0.384. The summed E-state index contributed by atoms with van der Waals surface area (Å²) in [6, 6.07) is 17.9. The van der Waals surface area contributed by atoms with Crippen molar-refractivity contribution in [3.05, 3.63) is 98.8 Å². The lowest BCUT2D eigenvalue weighted by atomic mass is 9.90. The van der Waals surface area contributed by atoms with Crippen LogP contribution in [0.25, 0.3) is 0 Å². The quantitative estimate of drug-likeness (QED) is 0.290. The second kappa shape index (κ2) is 8.05. The summed E-state index contributed by atoms with van der Waals surface area (Å²) >= 11 is 3.18. The number of fused-ring (bicyclic) bond motifs is 1. The minimum absolute atomic E-state index is 0.154. The van der Waals surface area contributed by atoms with Gasteiger partial charge in [-0.25, -0.2) is 14.4 Å². The van der Waals surface area contributed by atoms with E-state index in [0.717, 1.165) is 4.90 Å². The van der Waals surface area contributed by atoms with Gasteiger partial charge in [0.05, 0.1) is 26.8 Å². The monoisotopic (exact) mass is 511 g/mol. The molecule has 0 N–H and O–H groups in total. The molecule has 2 aliphatic heterocycles. The molecule has 2 saturated heterocycles. The van der Waals surface area contributed by atoms with Gasteiger partial charge in [0.2, 0.25) is 5.91 Å². The number of hydroxylamine groups is 1. The van der Waals surface area contributed by atoms with Crippen LogP contribution in [0.3, 0.4) is 0 Å². The van der Waals surface area contributed by atoms with Gasteiger partial charge in [-0.1, -0.05) is 24.3 Å². The third kappa shape index (κ3) is 3.47. The summed E-state index contributed by atoms with van der Waals surface area (Å²) in [6.07, 6.45) is -1.10. The maximum absolute atomic E-state index is 13.9. The number of nitrogens with zero attached hydrogens (tertiary/aromatic N) is 3. The van der Waals surface area contributed by atoms with Gasteiger partial charge in [-0.05, 0) is 57.9 Å². The smallest absolute Gasteiger partial charge is 0.269 e. The maximum atomic E-state index is 13.9. The van der Waals surface area contributed by atoms with Gasteiger partial charge < -0.3 is 0 Å². The first-order valence-electron chi connectivity index (χ1n) is 9.95. The van der Waals surface area contributed by atoms with Crippen molar-refractivity contribution in [2.75, 3.05) is 9.96 Å². The van der Waals surface area contributed by atoms with Crippen LogP contribution in [0.1, 0.15) is 11.6 Å². The van der Waals surface area contributed by atoms with E-state index in [1.54, 1.807) is 36.4 Å². The average molecular weight is 512 g/mol. The number of para-hydroxylation sites is 1. The molecule has 3 atom stereocenters. The third-order valence-electron chi connectivity index (χ3n) is 5.73. The van der Waals surface area contributed by atoms with E-state index in [1.165, 1.54) is 35.4 Å². The molecule has 0 bridgehead atoms. The zero-order chi connectivity index (χ0) is 23.3. The summed E-state index contributed by atoms with van der Waals surface area (Å²) < 4.78 is 14.1. The molecule has 2 heterocycles. The summed E-state index contributed by atoms with van der Waals surface area (Å²) in [4.78, 5) is 44.1. The summed E-state index contributed by atoms with van der Waals surface area (Å²) in [5.74, 6) is -2.42. The molecule has 33 heavy (non-hydrogen) atoms. The van der Waals surface area contributed by atoms with Crippen LogP contribution >= 0.6 is 15.9 Å². The Bertz CT molecular complexity index is 1270. The summed E-state index contributed by atoms with van der Waals surface area (Å²) in [7, 11) is 0. The van der Waals surface area contributed by atoms with Crippen molar-refractivity contribution in [2.45, 2.75) is 12.1 Å². The predicted molar refractivity (Wildman–Crippen MR) is 120 cm³/mol. The fourth-order valence-electron chi connectivity index (χ4n) is 4.23. The van der Waals surface area contributed by atoms with Crippen LogP contribution in [0.15, 0.2) is 77.3 Å². The van der Waals surface area contributed by atoms with Gasteiger partial charge in [-0.2, -0.15) is 0 Å². The average Bonchev–Trinajstić information content (AvgIpc) is 3.32. The summed E-state index contributed by atoms with van der Waals surface area (Å²) in [5, 5.41) is 12.5. The molecule has 3 aromatic rings. The molecule has 2 fully saturated rings. The van der Waals surface area contributed by atoms with Gasteiger partial charge in [0.15, 0.2) is 6.10 Å². The number of carbonyl (C=O) groups is 2. The Balaban J connectivity index is 1.57. The highest BCUT2D eigenvalue weighted by Crippen LogP contribution is 2.48. The highest BCUT2D eigenvalue weighted by Gasteiger charge is 2.60. The van der Waals surface area contributed by atoms with E-state index in [2.05, 4.69) is 15.9 Å². The molecule has 0 spiro atoms. The van der Waals surface area contributed by atoms with Gasteiger partial charge in [0.1, 0.15) is 11.7 Å². The van der Waals surface area contributed by atoms with Crippen molar-refractivity contribution in [1.29, 1.82) is 0 Å². The number of imide groups is 1. The number of amides is 2. The molecule has 2 aliphatic rings. The SMILES string of the molecule is O=C1[C@@H]2[C@H](ON(c3ccccc3)[C@@H]2c2ccc(F)c(Br)c2)C(=O)N1c1ccc([N+](=O)[O-])cc1. The Morgan fingerprint density at radius 2 is 1.64 bits per heavy atom. The van der Waals surface area contributed by atoms with Crippen LogP contribution in [0.4, 0.5) is 21.5 Å². The number of nitro groups is 1. The molecule has 10 heteroatoms. The molecule has 5 rings (SSSR count). The van der Waals surface area contributed by atoms with Crippen molar-refractivity contribution in [3.8, 4) is 0 Å². The molecule has 0 aliphatic carbocycles. The fourth-order valence-corrected chi connectivity index (χ4v) is 4.62. The Hall–Kier alpha value is -3.63. The minimum atomic E-state index is -1.10. The number of nitro benzene ring substituents is 1. The lowest BCUT2D eigenvalue weighted by Gasteiger charge is -2.28. The van der Waals surface area contributed by atoms with Gasteiger partial charge in [-0.15, -0.1) is 0 Å². The molecule has 0 saturated carbocycles. The van der Waals surface area contributed by atoms with Crippen molar-refractivity contribution < 1.29 is 23.7 Å². The number of carbonyl (C=O) groups excluding carboxylic acids is 2. The van der Waals surface area contributed by atoms with E-state index in [1.807, 2.05) is 6.07 Å². The van der Waals surface area contributed by atoms with Crippen LogP contribution in [0.2, 0.25) is 0 Å². The highest BCUT2D eigenvalue weighted by molar-refractivity contribution is 9.10. The van der Waals surface area contributed by atoms with Gasteiger partial charge in [-0.3, -0.25) is 24.5 Å². The van der Waals surface area contributed by atoms with Crippen LogP contribution < -0.4 is 9.96 Å². The second-order valence-corrected chi connectivity index (χ2v) is 8.47. The zero-order valence-corrected chi connectivity index (χ0v) is 18.4. The van der Waals surface area contributed by atoms with Crippen LogP contribution in [0, 0.1) is 21.8 Å². The zero-order valence-electron chi connectivity index (χ0n) is 16.8. The first kappa shape index (κ1) is 21.2. The standard InChI is InChI=1S/C23H15BrFN3O5/c24-17-12-13(6-11-18(17)25)20-19-21(33-27(20)15-4-2-1-3-5-15)23(30)26(22(19)29)14-7-9-16(10-8-14)28(31)32/h1-12,19-21H/t19-,20+,21-/m0/s1. The number of anilines is 2. The minimum Gasteiger partial charge on any atom is -0.273 e. The fraction of sp³-hybridized carbons (Fsp3) is 0.130. The first-order chi connectivity index (χ1) is 15.9. The van der Waals surface area contributed by atoms with E-state index < -0.39 is 40.6 Å². The number of benzene rings is 3. The van der Waals surface area contributed by atoms with Gasteiger partial charge in [0.25, 0.3) is 11.6 Å². The predicted octanol–water partition coefficient (Wildman–Crippen LogP) is 4.55. The van der Waals surface area contributed by atoms with E-state index in [9.17, 15) is 24.1 Å². The first-order valence-corrected chi connectivity index (χ1v) is 10.7. The van der Waals surface area contributed by atoms with Gasteiger partial charge >= 0.3 is 0 Å². The molecule has 0 aromatic heterocycles. The van der Waals surface area contributed by atoms with Crippen LogP contribution in [-0.4, -0.2) is 22.8 Å². The van der Waals surface area contributed by atoms with E-state index in [4.69, 9.17) is 4.84 Å². The molecular weight excluding hydrogens is 497 g/mol. The Labute approximate surface area is 195 Å². The van der Waals surface area contributed by atoms with Gasteiger partial charge in [0, 0.05) is 12.1 Å². The molecule has 0 radical (unpaired) electrons. The maximum Gasteiger partial charge on any atom is 0.269 e. The Kier molecular flexibility index (Phi) is 5.18. The largest absolute Gasteiger partial charge is 0.273 e. The third-order valence-corrected chi connectivity index (χ3v) is 6.34. The topological polar surface area (TPSA) is 93.0 Å². The van der Waals surface area contributed by atoms with Crippen LogP contribution in [-0.2, 0) is 14.4 Å². The van der Waals surface area contributed by atoms with Crippen LogP contribution in [0.5, 0.6) is 0 Å². The number of halogens is 2.